The molecule has 1 N–H and O–H groups in total. The second-order valence-electron chi connectivity index (χ2n) is 4.67. The summed E-state index contributed by atoms with van der Waals surface area (Å²) in [5, 5.41) is 2.62. The van der Waals surface area contributed by atoms with Gasteiger partial charge in [0.15, 0.2) is 0 Å². The normalized spacial score (nSPS) is 13.1. The van der Waals surface area contributed by atoms with Crippen molar-refractivity contribution in [2.45, 2.75) is 32.9 Å². The molecule has 1 aromatic carbocycles. The first-order valence-corrected chi connectivity index (χ1v) is 6.72. The zero-order valence-corrected chi connectivity index (χ0v) is 12.0. The van der Waals surface area contributed by atoms with E-state index in [-0.39, 0.29) is 18.4 Å². The van der Waals surface area contributed by atoms with Crippen LogP contribution in [0.25, 0.3) is 0 Å². The van der Waals surface area contributed by atoms with E-state index >= 15 is 0 Å². The van der Waals surface area contributed by atoms with Crippen molar-refractivity contribution < 1.29 is 14.3 Å². The lowest BCUT2D eigenvalue weighted by atomic mass is 9.99. The number of ether oxygens (including phenoxy) is 1. The number of carbonyl (C=O) groups is 2. The van der Waals surface area contributed by atoms with Crippen LogP contribution in [0.2, 0.25) is 0 Å². The van der Waals surface area contributed by atoms with Crippen LogP contribution in [0.3, 0.4) is 0 Å². The van der Waals surface area contributed by atoms with E-state index in [0.717, 1.165) is 18.1 Å². The second kappa shape index (κ2) is 8.15. The number of benzene rings is 1. The van der Waals surface area contributed by atoms with Crippen molar-refractivity contribution in [2.24, 2.45) is 5.92 Å². The van der Waals surface area contributed by atoms with Crippen molar-refractivity contribution in [2.75, 3.05) is 0 Å². The fourth-order valence-corrected chi connectivity index (χ4v) is 1.70. The Labute approximate surface area is 119 Å². The van der Waals surface area contributed by atoms with Crippen LogP contribution in [0.1, 0.15) is 25.8 Å². The quantitative estimate of drug-likeness (QED) is 0.614. The van der Waals surface area contributed by atoms with Gasteiger partial charge in [0.1, 0.15) is 12.6 Å². The molecule has 0 aromatic heterocycles. The lowest BCUT2D eigenvalue weighted by Crippen LogP contribution is -2.45. The Kier molecular flexibility index (Phi) is 6.50. The van der Waals surface area contributed by atoms with Gasteiger partial charge in [0.05, 0.1) is 0 Å². The molecule has 20 heavy (non-hydrogen) atoms. The molecule has 0 aliphatic rings. The van der Waals surface area contributed by atoms with E-state index in [1.807, 2.05) is 44.2 Å². The molecule has 2 atom stereocenters. The highest BCUT2D eigenvalue weighted by atomic mass is 16.5. The van der Waals surface area contributed by atoms with Crippen molar-refractivity contribution in [3.63, 3.8) is 0 Å². The van der Waals surface area contributed by atoms with Crippen LogP contribution in [0.15, 0.2) is 43.0 Å². The number of rotatable bonds is 7. The van der Waals surface area contributed by atoms with Gasteiger partial charge in [-0.1, -0.05) is 57.2 Å². The maximum Gasteiger partial charge on any atom is 0.329 e. The van der Waals surface area contributed by atoms with E-state index in [9.17, 15) is 9.59 Å². The van der Waals surface area contributed by atoms with Gasteiger partial charge < -0.3 is 10.1 Å². The Balaban J connectivity index is 2.63. The summed E-state index contributed by atoms with van der Waals surface area (Å²) in [5.41, 5.74) is 0.916. The minimum atomic E-state index is -0.644. The monoisotopic (exact) mass is 275 g/mol. The number of hydrogen-bond acceptors (Lipinski definition) is 3. The van der Waals surface area contributed by atoms with Gasteiger partial charge >= 0.3 is 5.97 Å². The molecule has 0 radical (unpaired) electrons. The number of amides is 1. The summed E-state index contributed by atoms with van der Waals surface area (Å²) in [6, 6.07) is 8.79. The summed E-state index contributed by atoms with van der Waals surface area (Å²) in [6.07, 6.45) is 1.92. The molecule has 108 valence electrons. The van der Waals surface area contributed by atoms with E-state index in [2.05, 4.69) is 11.9 Å². The molecule has 1 amide bonds. The average Bonchev–Trinajstić information content (AvgIpc) is 2.50. The van der Waals surface area contributed by atoms with Crippen molar-refractivity contribution >= 4 is 11.9 Å². The fraction of sp³-hybridized carbons (Fsp3) is 0.375. The SMILES string of the molecule is C=CC(=O)N[C@H](C(=O)OCc1ccccc1)[C@H](C)CC. The molecular formula is C16H21NO3. The van der Waals surface area contributed by atoms with Gasteiger partial charge in [-0.2, -0.15) is 0 Å². The fourth-order valence-electron chi connectivity index (χ4n) is 1.70. The first kappa shape index (κ1) is 16.0. The van der Waals surface area contributed by atoms with Crippen molar-refractivity contribution in [1.82, 2.24) is 5.32 Å². The van der Waals surface area contributed by atoms with E-state index in [1.54, 1.807) is 0 Å². The number of carbonyl (C=O) groups excluding carboxylic acids is 2. The zero-order valence-electron chi connectivity index (χ0n) is 12.0. The van der Waals surface area contributed by atoms with E-state index < -0.39 is 12.0 Å². The maximum atomic E-state index is 12.1. The Bertz CT molecular complexity index is 456. The molecule has 1 aromatic rings. The third kappa shape index (κ3) is 4.88. The molecule has 4 nitrogen and oxygen atoms in total. The molecule has 0 bridgehead atoms. The predicted octanol–water partition coefficient (Wildman–Crippen LogP) is 2.45. The van der Waals surface area contributed by atoms with Gasteiger partial charge in [-0.3, -0.25) is 4.79 Å². The molecule has 4 heteroatoms. The van der Waals surface area contributed by atoms with E-state index in [4.69, 9.17) is 4.74 Å². The minimum absolute atomic E-state index is 0.00201. The molecule has 0 saturated heterocycles. The Morgan fingerprint density at radius 1 is 1.35 bits per heavy atom. The summed E-state index contributed by atoms with van der Waals surface area (Å²) >= 11 is 0. The second-order valence-corrected chi connectivity index (χ2v) is 4.67. The lowest BCUT2D eigenvalue weighted by Gasteiger charge is -2.22. The first-order chi connectivity index (χ1) is 9.58. The Hall–Kier alpha value is -2.10. The van der Waals surface area contributed by atoms with Gasteiger partial charge in [0.25, 0.3) is 0 Å². The van der Waals surface area contributed by atoms with Crippen LogP contribution in [0, 0.1) is 5.92 Å². The van der Waals surface area contributed by atoms with Gasteiger partial charge in [-0.15, -0.1) is 0 Å². The third-order valence-corrected chi connectivity index (χ3v) is 3.17. The van der Waals surface area contributed by atoms with Gasteiger partial charge in [-0.25, -0.2) is 4.79 Å². The van der Waals surface area contributed by atoms with Crippen molar-refractivity contribution in [3.05, 3.63) is 48.6 Å². The summed E-state index contributed by atoms with van der Waals surface area (Å²) in [7, 11) is 0. The largest absolute Gasteiger partial charge is 0.459 e. The minimum Gasteiger partial charge on any atom is -0.459 e. The molecule has 1 rings (SSSR count). The molecule has 0 fully saturated rings. The van der Waals surface area contributed by atoms with Gasteiger partial charge in [0, 0.05) is 0 Å². The van der Waals surface area contributed by atoms with E-state index in [0.29, 0.717) is 0 Å². The summed E-state index contributed by atoms with van der Waals surface area (Å²) in [4.78, 5) is 23.5. The summed E-state index contributed by atoms with van der Waals surface area (Å²) in [6.45, 7) is 7.45. The summed E-state index contributed by atoms with van der Waals surface area (Å²) < 4.78 is 5.27. The maximum absolute atomic E-state index is 12.1. The van der Waals surface area contributed by atoms with Crippen molar-refractivity contribution in [3.8, 4) is 0 Å². The van der Waals surface area contributed by atoms with Crippen molar-refractivity contribution in [1.29, 1.82) is 0 Å². The van der Waals surface area contributed by atoms with Crippen LogP contribution in [-0.4, -0.2) is 17.9 Å². The highest BCUT2D eigenvalue weighted by molar-refractivity contribution is 5.91. The van der Waals surface area contributed by atoms with E-state index in [1.165, 1.54) is 0 Å². The van der Waals surface area contributed by atoms with Gasteiger partial charge in [0.2, 0.25) is 5.91 Å². The molecule has 0 saturated carbocycles. The molecule has 0 unspecified atom stereocenters. The standard InChI is InChI=1S/C16H21NO3/c1-4-12(3)15(17-14(18)5-2)16(19)20-11-13-9-7-6-8-10-13/h5-10,12,15H,2,4,11H2,1,3H3,(H,17,18)/t12-,15+/m1/s1. The highest BCUT2D eigenvalue weighted by Gasteiger charge is 2.26. The topological polar surface area (TPSA) is 55.4 Å². The third-order valence-electron chi connectivity index (χ3n) is 3.17. The molecule has 0 aliphatic heterocycles. The Morgan fingerprint density at radius 3 is 2.55 bits per heavy atom. The number of esters is 1. The van der Waals surface area contributed by atoms with Crippen LogP contribution in [0.4, 0.5) is 0 Å². The number of nitrogens with one attached hydrogen (secondary N) is 1. The van der Waals surface area contributed by atoms with Crippen LogP contribution >= 0.6 is 0 Å². The van der Waals surface area contributed by atoms with Crippen LogP contribution in [0.5, 0.6) is 0 Å². The summed E-state index contributed by atoms with van der Waals surface area (Å²) in [5.74, 6) is -0.785. The molecular weight excluding hydrogens is 254 g/mol. The molecule has 0 spiro atoms. The number of hydrogen-bond donors (Lipinski definition) is 1. The average molecular weight is 275 g/mol. The molecule has 0 aliphatic carbocycles. The smallest absolute Gasteiger partial charge is 0.329 e. The van der Waals surface area contributed by atoms with Crippen LogP contribution in [-0.2, 0) is 20.9 Å². The zero-order chi connectivity index (χ0) is 15.0. The predicted molar refractivity (Wildman–Crippen MR) is 77.8 cm³/mol. The first-order valence-electron chi connectivity index (χ1n) is 6.72. The highest BCUT2D eigenvalue weighted by Crippen LogP contribution is 2.11. The van der Waals surface area contributed by atoms with Crippen LogP contribution < -0.4 is 5.32 Å². The lowest BCUT2D eigenvalue weighted by molar-refractivity contribution is -0.150. The van der Waals surface area contributed by atoms with Gasteiger partial charge in [-0.05, 0) is 17.6 Å². The molecule has 0 heterocycles. The Morgan fingerprint density at radius 2 is 2.00 bits per heavy atom.